The molecule has 1 aromatic heterocycles. The molecule has 1 aromatic carbocycles. The summed E-state index contributed by atoms with van der Waals surface area (Å²) < 4.78 is 13.4. The Kier molecular flexibility index (Phi) is 5.83. The molecular formula is C19H25N3O3. The Morgan fingerprint density at radius 1 is 1.36 bits per heavy atom. The van der Waals surface area contributed by atoms with Crippen LogP contribution in [0.5, 0.6) is 0 Å². The Labute approximate surface area is 148 Å². The molecule has 0 saturated carbocycles. The van der Waals surface area contributed by atoms with Crippen LogP contribution in [-0.2, 0) is 27.4 Å². The van der Waals surface area contributed by atoms with Crippen LogP contribution in [0.15, 0.2) is 36.7 Å². The van der Waals surface area contributed by atoms with Crippen molar-refractivity contribution >= 4 is 5.91 Å². The number of hydrogen-bond acceptors (Lipinski definition) is 4. The molecule has 25 heavy (non-hydrogen) atoms. The molecule has 6 heteroatoms. The van der Waals surface area contributed by atoms with Crippen molar-refractivity contribution < 1.29 is 14.3 Å². The first-order chi connectivity index (χ1) is 12.1. The van der Waals surface area contributed by atoms with Gasteiger partial charge in [-0.1, -0.05) is 30.3 Å². The van der Waals surface area contributed by atoms with Crippen LogP contribution >= 0.6 is 0 Å². The number of nitrogens with one attached hydrogen (secondary N) is 1. The molecule has 0 aliphatic carbocycles. The van der Waals surface area contributed by atoms with Gasteiger partial charge in [0.25, 0.3) is 0 Å². The van der Waals surface area contributed by atoms with Gasteiger partial charge in [0.05, 0.1) is 37.4 Å². The van der Waals surface area contributed by atoms with Crippen molar-refractivity contribution in [2.45, 2.75) is 45.6 Å². The molecule has 1 N–H and O–H groups in total. The van der Waals surface area contributed by atoms with Crippen LogP contribution in [0.25, 0.3) is 0 Å². The van der Waals surface area contributed by atoms with Gasteiger partial charge < -0.3 is 19.4 Å². The summed E-state index contributed by atoms with van der Waals surface area (Å²) in [5, 5.41) is 3.05. The molecule has 2 atom stereocenters. The van der Waals surface area contributed by atoms with Gasteiger partial charge in [0.15, 0.2) is 0 Å². The smallest absolute Gasteiger partial charge is 0.240 e. The molecule has 1 amide bonds. The average Bonchev–Trinajstić information content (AvgIpc) is 2.94. The largest absolute Gasteiger partial charge is 0.379 e. The molecule has 1 aliphatic rings. The van der Waals surface area contributed by atoms with E-state index < -0.39 is 0 Å². The third-order valence-electron chi connectivity index (χ3n) is 4.61. The van der Waals surface area contributed by atoms with Crippen molar-refractivity contribution in [2.24, 2.45) is 0 Å². The molecule has 3 rings (SSSR count). The maximum atomic E-state index is 12.4. The highest BCUT2D eigenvalue weighted by atomic mass is 16.5. The van der Waals surface area contributed by atoms with Crippen LogP contribution in [0.3, 0.4) is 0 Å². The number of imidazole rings is 1. The zero-order chi connectivity index (χ0) is 17.6. The van der Waals surface area contributed by atoms with Gasteiger partial charge in [-0.3, -0.25) is 4.79 Å². The number of rotatable bonds is 6. The summed E-state index contributed by atoms with van der Waals surface area (Å²) in [7, 11) is 0. The minimum Gasteiger partial charge on any atom is -0.379 e. The van der Waals surface area contributed by atoms with Crippen LogP contribution < -0.4 is 5.32 Å². The lowest BCUT2D eigenvalue weighted by atomic mass is 10.1. The second kappa shape index (κ2) is 8.27. The van der Waals surface area contributed by atoms with Crippen LogP contribution in [0, 0.1) is 13.8 Å². The Morgan fingerprint density at radius 2 is 2.16 bits per heavy atom. The quantitative estimate of drug-likeness (QED) is 0.871. The van der Waals surface area contributed by atoms with Gasteiger partial charge in [-0.25, -0.2) is 4.98 Å². The monoisotopic (exact) mass is 343 g/mol. The summed E-state index contributed by atoms with van der Waals surface area (Å²) in [5.74, 6) is -0.0516. The van der Waals surface area contributed by atoms with Crippen LogP contribution in [-0.4, -0.2) is 40.8 Å². The number of carbonyl (C=O) groups excluding carboxylic acids is 1. The van der Waals surface area contributed by atoms with Gasteiger partial charge in [-0.05, 0) is 25.8 Å². The number of nitrogens with zero attached hydrogens (tertiary/aromatic N) is 2. The number of aryl methyl sites for hydroxylation is 1. The third-order valence-corrected chi connectivity index (χ3v) is 4.61. The highest BCUT2D eigenvalue weighted by molar-refractivity contribution is 5.76. The minimum absolute atomic E-state index is 0.0384. The predicted octanol–water partition coefficient (Wildman–Crippen LogP) is 1.99. The summed E-state index contributed by atoms with van der Waals surface area (Å²) >= 11 is 0. The van der Waals surface area contributed by atoms with Gasteiger partial charge in [0, 0.05) is 12.3 Å². The van der Waals surface area contributed by atoms with Crippen LogP contribution in [0.4, 0.5) is 0 Å². The van der Waals surface area contributed by atoms with Crippen LogP contribution in [0.1, 0.15) is 23.4 Å². The molecule has 134 valence electrons. The van der Waals surface area contributed by atoms with E-state index >= 15 is 0 Å². The first-order valence-corrected chi connectivity index (χ1v) is 8.64. The Balaban J connectivity index is 1.55. The topological polar surface area (TPSA) is 65.4 Å². The normalized spacial score (nSPS) is 20.4. The Hall–Kier alpha value is -2.18. The molecule has 1 aliphatic heterocycles. The van der Waals surface area contributed by atoms with E-state index in [0.717, 1.165) is 23.4 Å². The van der Waals surface area contributed by atoms with E-state index in [1.165, 1.54) is 0 Å². The van der Waals surface area contributed by atoms with E-state index in [1.807, 2.05) is 48.7 Å². The molecule has 0 unspecified atom stereocenters. The minimum atomic E-state index is -0.130. The van der Waals surface area contributed by atoms with E-state index in [4.69, 9.17) is 9.47 Å². The maximum Gasteiger partial charge on any atom is 0.240 e. The molecule has 2 heterocycles. The summed E-state index contributed by atoms with van der Waals surface area (Å²) in [4.78, 5) is 16.6. The number of hydrogen-bond donors (Lipinski definition) is 1. The molecule has 0 spiro atoms. The summed E-state index contributed by atoms with van der Waals surface area (Å²) in [6.45, 7) is 5.84. The van der Waals surface area contributed by atoms with E-state index in [1.54, 1.807) is 6.33 Å². The standard InChI is InChI=1S/C19H25N3O3/c1-14-15(2)22(13-20-14)10-19(23)21-17-12-24-9-8-18(17)25-11-16-6-4-3-5-7-16/h3-7,13,17-18H,8-12H2,1-2H3,(H,21,23)/t17-,18+/m1/s1. The second-order valence-corrected chi connectivity index (χ2v) is 6.42. The SMILES string of the molecule is Cc1ncn(CC(=O)N[C@@H]2COCC[C@@H]2OCc2ccccc2)c1C. The van der Waals surface area contributed by atoms with Crippen molar-refractivity contribution in [3.8, 4) is 0 Å². The summed E-state index contributed by atoms with van der Waals surface area (Å²) in [5.41, 5.74) is 3.08. The number of ether oxygens (including phenoxy) is 2. The molecule has 6 nitrogen and oxygen atoms in total. The highest BCUT2D eigenvalue weighted by Crippen LogP contribution is 2.15. The first kappa shape index (κ1) is 17.6. The first-order valence-electron chi connectivity index (χ1n) is 8.64. The van der Waals surface area contributed by atoms with E-state index in [0.29, 0.717) is 19.8 Å². The maximum absolute atomic E-state index is 12.4. The lowest BCUT2D eigenvalue weighted by molar-refractivity contribution is -0.127. The number of aromatic nitrogens is 2. The van der Waals surface area contributed by atoms with Crippen molar-refractivity contribution in [1.82, 2.24) is 14.9 Å². The number of benzene rings is 1. The van der Waals surface area contributed by atoms with Crippen molar-refractivity contribution in [3.63, 3.8) is 0 Å². The fourth-order valence-electron chi connectivity index (χ4n) is 2.94. The summed E-state index contributed by atoms with van der Waals surface area (Å²) in [6, 6.07) is 9.93. The lowest BCUT2D eigenvalue weighted by Gasteiger charge is -2.32. The molecule has 0 radical (unpaired) electrons. The highest BCUT2D eigenvalue weighted by Gasteiger charge is 2.28. The average molecular weight is 343 g/mol. The van der Waals surface area contributed by atoms with Gasteiger partial charge >= 0.3 is 0 Å². The zero-order valence-corrected chi connectivity index (χ0v) is 14.8. The molecule has 1 fully saturated rings. The number of amides is 1. The van der Waals surface area contributed by atoms with Crippen molar-refractivity contribution in [3.05, 3.63) is 53.6 Å². The number of carbonyl (C=O) groups is 1. The Bertz CT molecular complexity index is 699. The van der Waals surface area contributed by atoms with Gasteiger partial charge in [0.1, 0.15) is 6.54 Å². The third kappa shape index (κ3) is 4.67. The summed E-state index contributed by atoms with van der Waals surface area (Å²) in [6.07, 6.45) is 2.44. The van der Waals surface area contributed by atoms with E-state index in [2.05, 4.69) is 10.3 Å². The van der Waals surface area contributed by atoms with E-state index in [9.17, 15) is 4.79 Å². The van der Waals surface area contributed by atoms with Crippen molar-refractivity contribution in [1.29, 1.82) is 0 Å². The fraction of sp³-hybridized carbons (Fsp3) is 0.474. The van der Waals surface area contributed by atoms with Gasteiger partial charge in [-0.2, -0.15) is 0 Å². The molecular weight excluding hydrogens is 318 g/mol. The van der Waals surface area contributed by atoms with E-state index in [-0.39, 0.29) is 24.6 Å². The predicted molar refractivity (Wildman–Crippen MR) is 94.1 cm³/mol. The van der Waals surface area contributed by atoms with Gasteiger partial charge in [0.2, 0.25) is 5.91 Å². The molecule has 2 aromatic rings. The molecule has 0 bridgehead atoms. The zero-order valence-electron chi connectivity index (χ0n) is 14.8. The van der Waals surface area contributed by atoms with Crippen LogP contribution in [0.2, 0.25) is 0 Å². The second-order valence-electron chi connectivity index (χ2n) is 6.42. The fourth-order valence-corrected chi connectivity index (χ4v) is 2.94. The lowest BCUT2D eigenvalue weighted by Crippen LogP contribution is -2.51. The van der Waals surface area contributed by atoms with Gasteiger partial charge in [-0.15, -0.1) is 0 Å². The van der Waals surface area contributed by atoms with Crippen molar-refractivity contribution in [2.75, 3.05) is 13.2 Å². The molecule has 1 saturated heterocycles. The Morgan fingerprint density at radius 3 is 2.88 bits per heavy atom.